The van der Waals surface area contributed by atoms with E-state index in [2.05, 4.69) is 51.0 Å². The molecule has 0 radical (unpaired) electrons. The highest BCUT2D eigenvalue weighted by Crippen LogP contribution is 2.41. The second-order valence-electron chi connectivity index (χ2n) is 9.05. The number of rotatable bonds is 6. The largest absolute Gasteiger partial charge is 0.459 e. The minimum absolute atomic E-state index is 0.104. The van der Waals surface area contributed by atoms with Gasteiger partial charge in [0.2, 0.25) is 0 Å². The van der Waals surface area contributed by atoms with Crippen LogP contribution in [-0.2, 0) is 10.8 Å². The highest BCUT2D eigenvalue weighted by molar-refractivity contribution is 7.99. The topological polar surface area (TPSA) is 53.4 Å². The molecule has 1 aromatic carbocycles. The zero-order valence-corrected chi connectivity index (χ0v) is 20.1. The van der Waals surface area contributed by atoms with E-state index in [-0.39, 0.29) is 22.1 Å². The van der Waals surface area contributed by atoms with Gasteiger partial charge in [-0.25, -0.2) is 0 Å². The SMILES string of the molecule is CCc1cn2c(nc1=O)O[C@@H](CO[Si](C)(C)C(C)(C)C)CC2Sc1ccccc1. The summed E-state index contributed by atoms with van der Waals surface area (Å²) >= 11 is 1.77. The van der Waals surface area contributed by atoms with Crippen molar-refractivity contribution in [3.8, 4) is 6.01 Å². The van der Waals surface area contributed by atoms with Gasteiger partial charge in [0.15, 0.2) is 8.32 Å². The molecule has 2 atom stereocenters. The van der Waals surface area contributed by atoms with Crippen LogP contribution < -0.4 is 10.3 Å². The lowest BCUT2D eigenvalue weighted by Crippen LogP contribution is -2.44. The summed E-state index contributed by atoms with van der Waals surface area (Å²) in [5.74, 6) is 0. The highest BCUT2D eigenvalue weighted by atomic mass is 32.2. The quantitative estimate of drug-likeness (QED) is 0.582. The van der Waals surface area contributed by atoms with Crippen molar-refractivity contribution in [2.24, 2.45) is 0 Å². The van der Waals surface area contributed by atoms with Crippen LogP contribution in [0.25, 0.3) is 0 Å². The summed E-state index contributed by atoms with van der Waals surface area (Å²) in [4.78, 5) is 17.7. The monoisotopic (exact) mass is 432 g/mol. The van der Waals surface area contributed by atoms with Gasteiger partial charge in [0.25, 0.3) is 5.56 Å². The molecule has 2 heterocycles. The van der Waals surface area contributed by atoms with Crippen molar-refractivity contribution in [2.75, 3.05) is 6.61 Å². The molecule has 0 spiro atoms. The molecule has 0 amide bonds. The van der Waals surface area contributed by atoms with E-state index >= 15 is 0 Å². The second-order valence-corrected chi connectivity index (χ2v) is 15.1. The number of hydrogen-bond donors (Lipinski definition) is 0. The summed E-state index contributed by atoms with van der Waals surface area (Å²) in [6.07, 6.45) is 3.25. The number of fused-ring (bicyclic) bond motifs is 1. The Balaban J connectivity index is 1.86. The molecule has 29 heavy (non-hydrogen) atoms. The third-order valence-electron chi connectivity index (χ3n) is 5.87. The van der Waals surface area contributed by atoms with Crippen LogP contribution in [0.15, 0.2) is 46.2 Å². The van der Waals surface area contributed by atoms with E-state index in [1.165, 1.54) is 4.90 Å². The maximum atomic E-state index is 12.3. The molecule has 1 unspecified atom stereocenters. The van der Waals surface area contributed by atoms with Gasteiger partial charge in [-0.3, -0.25) is 9.36 Å². The molecule has 0 aliphatic carbocycles. The Bertz CT molecular complexity index is 893. The maximum Gasteiger partial charge on any atom is 0.301 e. The van der Waals surface area contributed by atoms with Gasteiger partial charge in [0.1, 0.15) is 6.10 Å². The molecule has 158 valence electrons. The zero-order chi connectivity index (χ0) is 21.2. The Labute approximate surface area is 179 Å². The van der Waals surface area contributed by atoms with Crippen LogP contribution in [0.4, 0.5) is 0 Å². The molecule has 0 fully saturated rings. The van der Waals surface area contributed by atoms with Crippen LogP contribution in [0.2, 0.25) is 18.1 Å². The average molecular weight is 433 g/mol. The maximum absolute atomic E-state index is 12.3. The van der Waals surface area contributed by atoms with E-state index < -0.39 is 8.32 Å². The minimum Gasteiger partial charge on any atom is -0.459 e. The standard InChI is InChI=1S/C22H32N2O3SSi/c1-7-16-14-24-19(28-18-11-9-8-10-12-18)13-17(27-21(24)23-20(16)25)15-26-29(5,6)22(2,3)4/h8-12,14,17,19H,7,13,15H2,1-6H3/t17-,19?/m1/s1. The lowest BCUT2D eigenvalue weighted by atomic mass is 10.2. The first-order chi connectivity index (χ1) is 13.6. The zero-order valence-electron chi connectivity index (χ0n) is 18.3. The van der Waals surface area contributed by atoms with E-state index in [1.54, 1.807) is 11.8 Å². The molecule has 0 N–H and O–H groups in total. The van der Waals surface area contributed by atoms with Crippen molar-refractivity contribution in [3.63, 3.8) is 0 Å². The molecule has 0 saturated heterocycles. The molecule has 5 nitrogen and oxygen atoms in total. The lowest BCUT2D eigenvalue weighted by molar-refractivity contribution is 0.0719. The number of aryl methyl sites for hydroxylation is 1. The van der Waals surface area contributed by atoms with Gasteiger partial charge >= 0.3 is 6.01 Å². The third kappa shape index (κ3) is 5.13. The van der Waals surface area contributed by atoms with E-state index in [9.17, 15) is 4.79 Å². The molecule has 7 heteroatoms. The van der Waals surface area contributed by atoms with Crippen LogP contribution >= 0.6 is 11.8 Å². The highest BCUT2D eigenvalue weighted by Gasteiger charge is 2.39. The summed E-state index contributed by atoms with van der Waals surface area (Å²) in [6.45, 7) is 13.7. The fraction of sp³-hybridized carbons (Fsp3) is 0.545. The first kappa shape index (κ1) is 22.1. The molecule has 0 bridgehead atoms. The summed E-state index contributed by atoms with van der Waals surface area (Å²) in [5.41, 5.74) is 0.514. The normalized spacial score (nSPS) is 19.5. The van der Waals surface area contributed by atoms with Gasteiger partial charge in [0, 0.05) is 23.1 Å². The Morgan fingerprint density at radius 1 is 1.28 bits per heavy atom. The molecule has 0 saturated carbocycles. The van der Waals surface area contributed by atoms with E-state index in [1.807, 2.05) is 35.9 Å². The average Bonchev–Trinajstić information content (AvgIpc) is 2.66. The van der Waals surface area contributed by atoms with Crippen LogP contribution in [-0.4, -0.2) is 30.6 Å². The van der Waals surface area contributed by atoms with E-state index in [0.29, 0.717) is 24.6 Å². The number of ether oxygens (including phenoxy) is 1. The van der Waals surface area contributed by atoms with Gasteiger partial charge < -0.3 is 9.16 Å². The number of thioether (sulfide) groups is 1. The van der Waals surface area contributed by atoms with E-state index in [0.717, 1.165) is 6.42 Å². The molecular formula is C22H32N2O3SSi. The summed E-state index contributed by atoms with van der Waals surface area (Å²) in [6, 6.07) is 10.7. The second kappa shape index (κ2) is 8.66. The Hall–Kier alpha value is -1.57. The predicted octanol–water partition coefficient (Wildman–Crippen LogP) is 5.27. The first-order valence-corrected chi connectivity index (χ1v) is 14.0. The van der Waals surface area contributed by atoms with E-state index in [4.69, 9.17) is 9.16 Å². The first-order valence-electron chi connectivity index (χ1n) is 10.2. The lowest BCUT2D eigenvalue weighted by Gasteiger charge is -2.39. The number of aromatic nitrogens is 2. The van der Waals surface area contributed by atoms with Crippen molar-refractivity contribution in [2.45, 2.75) is 75.0 Å². The van der Waals surface area contributed by atoms with Crippen LogP contribution in [0.5, 0.6) is 6.01 Å². The van der Waals surface area contributed by atoms with Crippen molar-refractivity contribution in [1.82, 2.24) is 9.55 Å². The fourth-order valence-electron chi connectivity index (χ4n) is 2.95. The fourth-order valence-corrected chi connectivity index (χ4v) is 5.19. The van der Waals surface area contributed by atoms with Crippen LogP contribution in [0.3, 0.4) is 0 Å². The Morgan fingerprint density at radius 2 is 1.97 bits per heavy atom. The van der Waals surface area contributed by atoms with Gasteiger partial charge in [-0.2, -0.15) is 4.98 Å². The van der Waals surface area contributed by atoms with Gasteiger partial charge in [-0.05, 0) is 36.7 Å². The smallest absolute Gasteiger partial charge is 0.301 e. The molecule has 1 aliphatic heterocycles. The number of benzene rings is 1. The Morgan fingerprint density at radius 3 is 2.59 bits per heavy atom. The van der Waals surface area contributed by atoms with Gasteiger partial charge in [0.05, 0.1) is 12.0 Å². The summed E-state index contributed by atoms with van der Waals surface area (Å²) in [5, 5.41) is 0.246. The van der Waals surface area contributed by atoms with Gasteiger partial charge in [-0.1, -0.05) is 45.9 Å². The molecule has 3 rings (SSSR count). The van der Waals surface area contributed by atoms with Crippen molar-refractivity contribution in [3.05, 3.63) is 52.4 Å². The number of nitrogens with zero attached hydrogens (tertiary/aromatic N) is 2. The molecule has 1 aromatic heterocycles. The number of hydrogen-bond acceptors (Lipinski definition) is 5. The van der Waals surface area contributed by atoms with Crippen molar-refractivity contribution in [1.29, 1.82) is 0 Å². The van der Waals surface area contributed by atoms with Gasteiger partial charge in [-0.15, -0.1) is 11.8 Å². The third-order valence-corrected chi connectivity index (χ3v) is 11.6. The molecule has 2 aromatic rings. The van der Waals surface area contributed by atoms with Crippen molar-refractivity contribution < 1.29 is 9.16 Å². The van der Waals surface area contributed by atoms with Crippen LogP contribution in [0.1, 0.15) is 45.1 Å². The molecule has 1 aliphatic rings. The summed E-state index contributed by atoms with van der Waals surface area (Å²) < 4.78 is 14.6. The van der Waals surface area contributed by atoms with Crippen LogP contribution in [0, 0.1) is 0 Å². The predicted molar refractivity (Wildman–Crippen MR) is 121 cm³/mol. The minimum atomic E-state index is -1.88. The summed E-state index contributed by atoms with van der Waals surface area (Å²) in [7, 11) is -1.88. The molecular weight excluding hydrogens is 400 g/mol. The van der Waals surface area contributed by atoms with Crippen molar-refractivity contribution >= 4 is 20.1 Å². The Kier molecular flexibility index (Phi) is 6.60.